The van der Waals surface area contributed by atoms with Crippen molar-refractivity contribution < 1.29 is 9.53 Å². The smallest absolute Gasteiger partial charge is 0.225 e. The summed E-state index contributed by atoms with van der Waals surface area (Å²) in [6.45, 7) is 3.92. The van der Waals surface area contributed by atoms with Crippen molar-refractivity contribution in [3.8, 4) is 0 Å². The number of rotatable bonds is 2. The lowest BCUT2D eigenvalue weighted by Gasteiger charge is -2.36. The SMILES string of the molecule is Cl.O=C(C1CCNCC1)N1CCOC(c2ccc(Br)cc2)C1. The quantitative estimate of drug-likeness (QED) is 0.845. The van der Waals surface area contributed by atoms with E-state index in [-0.39, 0.29) is 24.4 Å². The Morgan fingerprint density at radius 1 is 1.23 bits per heavy atom. The maximum absolute atomic E-state index is 12.6. The molecule has 0 spiro atoms. The van der Waals surface area contributed by atoms with Crippen LogP contribution in [0.2, 0.25) is 0 Å². The standard InChI is InChI=1S/C16H21BrN2O2.ClH/c17-14-3-1-12(2-4-14)15-11-19(9-10-21-15)16(20)13-5-7-18-8-6-13;/h1-4,13,15,18H,5-11H2;1H. The molecule has 1 amide bonds. The lowest BCUT2D eigenvalue weighted by atomic mass is 9.96. The van der Waals surface area contributed by atoms with Crippen LogP contribution in [-0.4, -0.2) is 43.6 Å². The highest BCUT2D eigenvalue weighted by atomic mass is 79.9. The molecule has 3 rings (SSSR count). The third-order valence-electron chi connectivity index (χ3n) is 4.31. The van der Waals surface area contributed by atoms with E-state index < -0.39 is 0 Å². The van der Waals surface area contributed by atoms with Gasteiger partial charge in [-0.25, -0.2) is 0 Å². The summed E-state index contributed by atoms with van der Waals surface area (Å²) >= 11 is 3.45. The monoisotopic (exact) mass is 388 g/mol. The molecule has 0 saturated carbocycles. The van der Waals surface area contributed by atoms with Gasteiger partial charge in [-0.15, -0.1) is 12.4 Å². The molecule has 0 aromatic heterocycles. The molecule has 1 atom stereocenters. The van der Waals surface area contributed by atoms with E-state index >= 15 is 0 Å². The van der Waals surface area contributed by atoms with Crippen LogP contribution in [0.3, 0.4) is 0 Å². The van der Waals surface area contributed by atoms with Crippen molar-refractivity contribution in [1.29, 1.82) is 0 Å². The van der Waals surface area contributed by atoms with Gasteiger partial charge in [0.15, 0.2) is 0 Å². The average Bonchev–Trinajstić information content (AvgIpc) is 2.56. The van der Waals surface area contributed by atoms with Gasteiger partial charge in [-0.1, -0.05) is 28.1 Å². The maximum atomic E-state index is 12.6. The van der Waals surface area contributed by atoms with Gasteiger partial charge in [0.05, 0.1) is 13.2 Å². The highest BCUT2D eigenvalue weighted by molar-refractivity contribution is 9.10. The van der Waals surface area contributed by atoms with Crippen LogP contribution < -0.4 is 5.32 Å². The second-order valence-electron chi connectivity index (χ2n) is 5.72. The van der Waals surface area contributed by atoms with Gasteiger partial charge < -0.3 is 15.0 Å². The molecule has 22 heavy (non-hydrogen) atoms. The molecule has 2 fully saturated rings. The zero-order chi connectivity index (χ0) is 14.7. The van der Waals surface area contributed by atoms with Crippen molar-refractivity contribution in [2.45, 2.75) is 18.9 Å². The van der Waals surface area contributed by atoms with Gasteiger partial charge in [0.1, 0.15) is 6.10 Å². The first kappa shape index (κ1) is 17.7. The van der Waals surface area contributed by atoms with Gasteiger partial charge in [-0.3, -0.25) is 4.79 Å². The Morgan fingerprint density at radius 2 is 1.91 bits per heavy atom. The number of carbonyl (C=O) groups is 1. The average molecular weight is 390 g/mol. The number of halogens is 2. The first-order valence-electron chi connectivity index (χ1n) is 7.60. The number of piperidine rings is 1. The first-order chi connectivity index (χ1) is 10.2. The van der Waals surface area contributed by atoms with Crippen LogP contribution >= 0.6 is 28.3 Å². The van der Waals surface area contributed by atoms with Gasteiger partial charge in [-0.2, -0.15) is 0 Å². The lowest BCUT2D eigenvalue weighted by molar-refractivity contribution is -0.144. The Labute approximate surface area is 146 Å². The summed E-state index contributed by atoms with van der Waals surface area (Å²) < 4.78 is 6.91. The highest BCUT2D eigenvalue weighted by Crippen LogP contribution is 2.25. The molecule has 0 radical (unpaired) electrons. The number of benzene rings is 1. The summed E-state index contributed by atoms with van der Waals surface area (Å²) in [6, 6.07) is 8.17. The molecule has 1 aromatic rings. The van der Waals surface area contributed by atoms with Crippen LogP contribution in [-0.2, 0) is 9.53 Å². The number of carbonyl (C=O) groups excluding carboxylic acids is 1. The molecular formula is C16H22BrClN2O2. The summed E-state index contributed by atoms with van der Waals surface area (Å²) in [6.07, 6.45) is 1.91. The van der Waals surface area contributed by atoms with Crippen molar-refractivity contribution in [3.63, 3.8) is 0 Å². The summed E-state index contributed by atoms with van der Waals surface area (Å²) in [7, 11) is 0. The summed E-state index contributed by atoms with van der Waals surface area (Å²) in [4.78, 5) is 14.6. The molecule has 0 aliphatic carbocycles. The van der Waals surface area contributed by atoms with Gasteiger partial charge in [-0.05, 0) is 43.6 Å². The van der Waals surface area contributed by atoms with Crippen LogP contribution in [0.4, 0.5) is 0 Å². The summed E-state index contributed by atoms with van der Waals surface area (Å²) in [5, 5.41) is 3.31. The van der Waals surface area contributed by atoms with Crippen molar-refractivity contribution in [1.82, 2.24) is 10.2 Å². The number of hydrogen-bond donors (Lipinski definition) is 1. The van der Waals surface area contributed by atoms with Gasteiger partial charge >= 0.3 is 0 Å². The van der Waals surface area contributed by atoms with E-state index in [0.29, 0.717) is 19.1 Å². The third-order valence-corrected chi connectivity index (χ3v) is 4.84. The first-order valence-corrected chi connectivity index (χ1v) is 8.40. The van der Waals surface area contributed by atoms with Gasteiger partial charge in [0, 0.05) is 16.9 Å². The van der Waals surface area contributed by atoms with Gasteiger partial charge in [0.25, 0.3) is 0 Å². The molecule has 2 heterocycles. The third kappa shape index (κ3) is 4.22. The Balaban J connectivity index is 0.00000176. The van der Waals surface area contributed by atoms with E-state index in [2.05, 4.69) is 33.4 Å². The van der Waals surface area contributed by atoms with Crippen LogP contribution in [0.25, 0.3) is 0 Å². The van der Waals surface area contributed by atoms with E-state index in [1.807, 2.05) is 17.0 Å². The van der Waals surface area contributed by atoms with Crippen LogP contribution in [0.15, 0.2) is 28.7 Å². The molecule has 1 unspecified atom stereocenters. The van der Waals surface area contributed by atoms with Crippen LogP contribution in [0.5, 0.6) is 0 Å². The maximum Gasteiger partial charge on any atom is 0.225 e. The summed E-state index contributed by atoms with van der Waals surface area (Å²) in [5.74, 6) is 0.497. The summed E-state index contributed by atoms with van der Waals surface area (Å²) in [5.41, 5.74) is 1.14. The molecule has 6 heteroatoms. The fourth-order valence-corrected chi connectivity index (χ4v) is 3.32. The second-order valence-corrected chi connectivity index (χ2v) is 6.64. The Morgan fingerprint density at radius 3 is 2.59 bits per heavy atom. The molecule has 4 nitrogen and oxygen atoms in total. The molecular weight excluding hydrogens is 368 g/mol. The Hall–Kier alpha value is -0.620. The van der Waals surface area contributed by atoms with E-state index in [4.69, 9.17) is 4.74 Å². The molecule has 2 saturated heterocycles. The zero-order valence-electron chi connectivity index (χ0n) is 12.5. The largest absolute Gasteiger partial charge is 0.370 e. The van der Waals surface area contributed by atoms with Crippen molar-refractivity contribution in [3.05, 3.63) is 34.3 Å². The minimum atomic E-state index is -0.00230. The fourth-order valence-electron chi connectivity index (χ4n) is 3.06. The second kappa shape index (κ2) is 8.29. The fraction of sp³-hybridized carbons (Fsp3) is 0.562. The molecule has 1 N–H and O–H groups in total. The van der Waals surface area contributed by atoms with E-state index in [0.717, 1.165) is 42.5 Å². The molecule has 1 aromatic carbocycles. The van der Waals surface area contributed by atoms with E-state index in [1.54, 1.807) is 0 Å². The van der Waals surface area contributed by atoms with E-state index in [1.165, 1.54) is 0 Å². The predicted molar refractivity (Wildman–Crippen MR) is 92.3 cm³/mol. The number of hydrogen-bond acceptors (Lipinski definition) is 3. The minimum absolute atomic E-state index is 0. The number of ether oxygens (including phenoxy) is 1. The Bertz CT molecular complexity index is 491. The van der Waals surface area contributed by atoms with Crippen molar-refractivity contribution in [2.75, 3.05) is 32.8 Å². The van der Waals surface area contributed by atoms with Crippen LogP contribution in [0.1, 0.15) is 24.5 Å². The topological polar surface area (TPSA) is 41.6 Å². The highest BCUT2D eigenvalue weighted by Gasteiger charge is 2.30. The number of nitrogens with zero attached hydrogens (tertiary/aromatic N) is 1. The lowest BCUT2D eigenvalue weighted by Crippen LogP contribution is -2.47. The number of amides is 1. The zero-order valence-corrected chi connectivity index (χ0v) is 14.9. The normalized spacial score (nSPS) is 23.0. The van der Waals surface area contributed by atoms with Gasteiger partial charge in [0.2, 0.25) is 5.91 Å². The molecule has 122 valence electrons. The van der Waals surface area contributed by atoms with Crippen molar-refractivity contribution >= 4 is 34.2 Å². The van der Waals surface area contributed by atoms with Crippen LogP contribution in [0, 0.1) is 5.92 Å². The van der Waals surface area contributed by atoms with Crippen molar-refractivity contribution in [2.24, 2.45) is 5.92 Å². The molecule has 2 aliphatic heterocycles. The Kier molecular flexibility index (Phi) is 6.68. The predicted octanol–water partition coefficient (Wildman–Crippen LogP) is 2.77. The number of nitrogens with one attached hydrogen (secondary N) is 1. The minimum Gasteiger partial charge on any atom is -0.370 e. The molecule has 2 aliphatic rings. The number of morpholine rings is 1. The molecule has 0 bridgehead atoms. The van der Waals surface area contributed by atoms with E-state index in [9.17, 15) is 4.79 Å².